The number of hydrogen-bond acceptors (Lipinski definition) is 6. The molecule has 0 aliphatic carbocycles. The summed E-state index contributed by atoms with van der Waals surface area (Å²) in [5.41, 5.74) is -1.79. The van der Waals surface area contributed by atoms with Gasteiger partial charge in [-0.15, -0.1) is 0 Å². The summed E-state index contributed by atoms with van der Waals surface area (Å²) in [4.78, 5) is 48.4. The standard InChI is InChI=1S/C26H40N2O6/c1-3-5-7-9-11-13-15-27-23(29)19-17-22(26(33)34)20(18-21(19)25(31)32)24(30)28-16-14-12-10-8-6-4-2/h17-18H,3-16H2,1-2H3,(H,27,29)(H,28,30)(H,31,32)(H,33,34)/p-2. The van der Waals surface area contributed by atoms with Crippen molar-refractivity contribution in [3.05, 3.63) is 34.4 Å². The smallest absolute Gasteiger partial charge is 0.251 e. The van der Waals surface area contributed by atoms with Gasteiger partial charge in [0.1, 0.15) is 0 Å². The maximum absolute atomic E-state index is 12.6. The minimum atomic E-state index is -1.67. The number of aromatic carboxylic acids is 2. The first-order valence-corrected chi connectivity index (χ1v) is 12.5. The number of unbranched alkanes of at least 4 members (excludes halogenated alkanes) is 10. The molecule has 190 valence electrons. The zero-order chi connectivity index (χ0) is 25.3. The third kappa shape index (κ3) is 10.4. The quantitative estimate of drug-likeness (QED) is 0.314. The van der Waals surface area contributed by atoms with Gasteiger partial charge in [-0.1, -0.05) is 78.1 Å². The highest BCUT2D eigenvalue weighted by atomic mass is 16.4. The molecule has 0 bridgehead atoms. The van der Waals surface area contributed by atoms with Gasteiger partial charge in [-0.05, 0) is 25.0 Å². The first kappa shape index (κ1) is 29.1. The van der Waals surface area contributed by atoms with E-state index in [9.17, 15) is 29.4 Å². The Bertz CT molecular complexity index is 754. The topological polar surface area (TPSA) is 138 Å². The van der Waals surface area contributed by atoms with Crippen molar-refractivity contribution in [3.63, 3.8) is 0 Å². The molecule has 8 heteroatoms. The van der Waals surface area contributed by atoms with E-state index in [1.165, 1.54) is 0 Å². The van der Waals surface area contributed by atoms with Gasteiger partial charge in [-0.3, -0.25) is 9.59 Å². The fraction of sp³-hybridized carbons (Fsp3) is 0.615. The van der Waals surface area contributed by atoms with E-state index in [4.69, 9.17) is 0 Å². The Morgan fingerprint density at radius 1 is 0.559 bits per heavy atom. The van der Waals surface area contributed by atoms with Crippen molar-refractivity contribution in [2.24, 2.45) is 0 Å². The molecule has 1 aromatic carbocycles. The number of carboxylic acids is 2. The number of hydrogen-bond donors (Lipinski definition) is 2. The Morgan fingerprint density at radius 2 is 0.882 bits per heavy atom. The van der Waals surface area contributed by atoms with E-state index in [1.807, 2.05) is 0 Å². The second-order valence-corrected chi connectivity index (χ2v) is 8.57. The van der Waals surface area contributed by atoms with Crippen molar-refractivity contribution < 1.29 is 29.4 Å². The van der Waals surface area contributed by atoms with Crippen LogP contribution in [-0.2, 0) is 0 Å². The van der Waals surface area contributed by atoms with E-state index in [0.717, 1.165) is 89.2 Å². The summed E-state index contributed by atoms with van der Waals surface area (Å²) >= 11 is 0. The van der Waals surface area contributed by atoms with E-state index in [2.05, 4.69) is 24.5 Å². The van der Waals surface area contributed by atoms with Gasteiger partial charge in [0.25, 0.3) is 11.8 Å². The van der Waals surface area contributed by atoms with Gasteiger partial charge in [0.05, 0.1) is 11.9 Å². The van der Waals surface area contributed by atoms with Crippen LogP contribution in [0.2, 0.25) is 0 Å². The summed E-state index contributed by atoms with van der Waals surface area (Å²) in [7, 11) is 0. The lowest BCUT2D eigenvalue weighted by molar-refractivity contribution is -0.256. The van der Waals surface area contributed by atoms with Crippen LogP contribution in [0.3, 0.4) is 0 Å². The van der Waals surface area contributed by atoms with Gasteiger partial charge in [0.2, 0.25) is 0 Å². The first-order chi connectivity index (χ1) is 16.3. The SMILES string of the molecule is CCCCCCCCNC(=O)c1cc(C(=O)[O-])c(C(=O)NCCCCCCCC)cc1C(=O)[O-]. The second kappa shape index (κ2) is 16.7. The second-order valence-electron chi connectivity index (χ2n) is 8.57. The van der Waals surface area contributed by atoms with Crippen LogP contribution in [0.5, 0.6) is 0 Å². The van der Waals surface area contributed by atoms with Gasteiger partial charge in [0, 0.05) is 35.3 Å². The molecular weight excluding hydrogens is 436 g/mol. The third-order valence-corrected chi connectivity index (χ3v) is 5.72. The third-order valence-electron chi connectivity index (χ3n) is 5.72. The monoisotopic (exact) mass is 474 g/mol. The largest absolute Gasteiger partial charge is 0.545 e. The summed E-state index contributed by atoms with van der Waals surface area (Å²) in [6.07, 6.45) is 12.2. The molecule has 1 rings (SSSR count). The van der Waals surface area contributed by atoms with E-state index in [-0.39, 0.29) is 11.1 Å². The Kier molecular flexibility index (Phi) is 14.3. The highest BCUT2D eigenvalue weighted by molar-refractivity contribution is 6.11. The molecule has 0 atom stereocenters. The zero-order valence-electron chi connectivity index (χ0n) is 20.5. The van der Waals surface area contributed by atoms with E-state index >= 15 is 0 Å². The van der Waals surface area contributed by atoms with E-state index in [0.29, 0.717) is 13.1 Å². The number of benzene rings is 1. The number of nitrogens with one attached hydrogen (secondary N) is 2. The number of amides is 2. The summed E-state index contributed by atoms with van der Waals surface area (Å²) in [6.45, 7) is 4.91. The molecule has 0 aromatic heterocycles. The van der Waals surface area contributed by atoms with Crippen LogP contribution < -0.4 is 20.8 Å². The number of rotatable bonds is 18. The van der Waals surface area contributed by atoms with Crippen LogP contribution in [0.25, 0.3) is 0 Å². The van der Waals surface area contributed by atoms with Crippen molar-refractivity contribution in [2.45, 2.75) is 90.9 Å². The average Bonchev–Trinajstić information content (AvgIpc) is 2.81. The molecule has 0 saturated heterocycles. The van der Waals surface area contributed by atoms with Gasteiger partial charge >= 0.3 is 0 Å². The minimum Gasteiger partial charge on any atom is -0.545 e. The van der Waals surface area contributed by atoms with Crippen LogP contribution in [0.15, 0.2) is 12.1 Å². The number of carbonyl (C=O) groups is 4. The molecule has 0 heterocycles. The predicted molar refractivity (Wildman–Crippen MR) is 127 cm³/mol. The van der Waals surface area contributed by atoms with Crippen molar-refractivity contribution in [2.75, 3.05) is 13.1 Å². The van der Waals surface area contributed by atoms with Crippen LogP contribution in [0.4, 0.5) is 0 Å². The molecule has 0 aliphatic heterocycles. The molecule has 8 nitrogen and oxygen atoms in total. The highest BCUT2D eigenvalue weighted by Crippen LogP contribution is 2.18. The molecular formula is C26H38N2O6-2. The molecule has 2 amide bonds. The van der Waals surface area contributed by atoms with Gasteiger partial charge in [-0.2, -0.15) is 0 Å². The minimum absolute atomic E-state index is 0.332. The predicted octanol–water partition coefficient (Wildman–Crippen LogP) is 2.59. The molecule has 1 aromatic rings. The summed E-state index contributed by atoms with van der Waals surface area (Å²) < 4.78 is 0. The number of carboxylic acid groups (broad SMARTS) is 2. The first-order valence-electron chi connectivity index (χ1n) is 12.5. The molecule has 0 saturated carbocycles. The molecule has 2 N–H and O–H groups in total. The summed E-state index contributed by atoms with van der Waals surface area (Å²) in [6, 6.07) is 1.77. The van der Waals surface area contributed by atoms with Crippen molar-refractivity contribution >= 4 is 23.8 Å². The molecule has 0 unspecified atom stereocenters. The summed E-state index contributed by atoms with van der Waals surface area (Å²) in [5, 5.41) is 28.6. The van der Waals surface area contributed by atoms with E-state index < -0.39 is 34.9 Å². The molecule has 0 spiro atoms. The summed E-state index contributed by atoms with van der Waals surface area (Å²) in [5.74, 6) is -4.79. The van der Waals surface area contributed by atoms with Crippen molar-refractivity contribution in [1.82, 2.24) is 10.6 Å². The normalized spacial score (nSPS) is 10.6. The Labute approximate surface area is 202 Å². The Balaban J connectivity index is 2.84. The van der Waals surface area contributed by atoms with Gasteiger partial charge in [-0.25, -0.2) is 0 Å². The van der Waals surface area contributed by atoms with Gasteiger partial charge < -0.3 is 30.4 Å². The van der Waals surface area contributed by atoms with Crippen molar-refractivity contribution in [3.8, 4) is 0 Å². The maximum Gasteiger partial charge on any atom is 0.251 e. The lowest BCUT2D eigenvalue weighted by atomic mass is 9.96. The Morgan fingerprint density at radius 3 is 1.21 bits per heavy atom. The zero-order valence-corrected chi connectivity index (χ0v) is 20.5. The molecule has 0 radical (unpaired) electrons. The average molecular weight is 475 g/mol. The molecule has 0 fully saturated rings. The lowest BCUT2D eigenvalue weighted by Crippen LogP contribution is -2.34. The molecule has 0 aliphatic rings. The van der Waals surface area contributed by atoms with Crippen LogP contribution in [0.1, 0.15) is 132 Å². The maximum atomic E-state index is 12.6. The highest BCUT2D eigenvalue weighted by Gasteiger charge is 2.20. The van der Waals surface area contributed by atoms with E-state index in [1.54, 1.807) is 0 Å². The lowest BCUT2D eigenvalue weighted by Gasteiger charge is -2.17. The van der Waals surface area contributed by atoms with Crippen molar-refractivity contribution in [1.29, 1.82) is 0 Å². The van der Waals surface area contributed by atoms with Crippen LogP contribution in [-0.4, -0.2) is 36.8 Å². The van der Waals surface area contributed by atoms with Crippen LogP contribution >= 0.6 is 0 Å². The number of carbonyl (C=O) groups excluding carboxylic acids is 4. The molecule has 34 heavy (non-hydrogen) atoms. The van der Waals surface area contributed by atoms with Gasteiger partial charge in [0.15, 0.2) is 0 Å². The fourth-order valence-corrected chi connectivity index (χ4v) is 3.72. The van der Waals surface area contributed by atoms with Crippen LogP contribution in [0, 0.1) is 0 Å². The fourth-order valence-electron chi connectivity index (χ4n) is 3.72. The Hall–Kier alpha value is -2.90.